The van der Waals surface area contributed by atoms with E-state index in [1.54, 1.807) is 11.3 Å². The number of ether oxygens (including phenoxy) is 1. The molecule has 3 heterocycles. The Labute approximate surface area is 155 Å². The van der Waals surface area contributed by atoms with Gasteiger partial charge in [0, 0.05) is 29.2 Å². The minimum absolute atomic E-state index is 0.437. The monoisotopic (exact) mass is 374 g/mol. The molecule has 2 fully saturated rings. The van der Waals surface area contributed by atoms with Crippen LogP contribution in [0.15, 0.2) is 30.5 Å². The Kier molecular flexibility index (Phi) is 3.91. The first kappa shape index (κ1) is 15.6. The van der Waals surface area contributed by atoms with Crippen molar-refractivity contribution in [1.82, 2.24) is 14.6 Å². The van der Waals surface area contributed by atoms with Gasteiger partial charge in [0.2, 0.25) is 10.1 Å². The van der Waals surface area contributed by atoms with Crippen LogP contribution in [0.2, 0.25) is 5.02 Å². The van der Waals surface area contributed by atoms with Crippen LogP contribution in [0.5, 0.6) is 0 Å². The van der Waals surface area contributed by atoms with Crippen molar-refractivity contribution >= 4 is 33.0 Å². The van der Waals surface area contributed by atoms with Crippen molar-refractivity contribution in [3.05, 3.63) is 35.5 Å². The van der Waals surface area contributed by atoms with Gasteiger partial charge in [0.05, 0.1) is 18.0 Å². The summed E-state index contributed by atoms with van der Waals surface area (Å²) in [6, 6.07) is 8.20. The molecule has 0 spiro atoms. The number of anilines is 1. The summed E-state index contributed by atoms with van der Waals surface area (Å²) < 4.78 is 7.72. The summed E-state index contributed by atoms with van der Waals surface area (Å²) in [4.78, 5) is 5.61. The maximum Gasteiger partial charge on any atom is 0.214 e. The molecule has 1 saturated carbocycles. The number of imidazole rings is 1. The van der Waals surface area contributed by atoms with Gasteiger partial charge in [-0.15, -0.1) is 5.10 Å². The molecule has 1 aromatic carbocycles. The molecule has 2 aromatic heterocycles. The highest BCUT2D eigenvalue weighted by molar-refractivity contribution is 7.20. The minimum Gasteiger partial charge on any atom is -0.378 e. The summed E-state index contributed by atoms with van der Waals surface area (Å²) in [6.07, 6.45) is 7.19. The molecule has 1 N–H and O–H groups in total. The van der Waals surface area contributed by atoms with E-state index in [4.69, 9.17) is 21.3 Å². The van der Waals surface area contributed by atoms with E-state index in [2.05, 4.69) is 10.4 Å². The Balaban J connectivity index is 1.36. The van der Waals surface area contributed by atoms with Crippen molar-refractivity contribution in [1.29, 1.82) is 0 Å². The first-order valence-corrected chi connectivity index (χ1v) is 9.96. The number of fused-ring (bicyclic) bond motifs is 2. The molecule has 5 nitrogen and oxygen atoms in total. The molecular formula is C18H19ClN4OS. The number of halogens is 1. The second kappa shape index (κ2) is 6.27. The number of aromatic nitrogens is 3. The van der Waals surface area contributed by atoms with Gasteiger partial charge >= 0.3 is 0 Å². The van der Waals surface area contributed by atoms with Crippen molar-refractivity contribution < 1.29 is 4.74 Å². The zero-order valence-electron chi connectivity index (χ0n) is 13.7. The van der Waals surface area contributed by atoms with Gasteiger partial charge in [-0.05, 0) is 37.8 Å². The predicted octanol–water partition coefficient (Wildman–Crippen LogP) is 4.48. The molecule has 7 heteroatoms. The predicted molar refractivity (Wildman–Crippen MR) is 100 cm³/mol. The van der Waals surface area contributed by atoms with Crippen LogP contribution in [-0.4, -0.2) is 33.4 Å². The minimum atomic E-state index is 0.437. The van der Waals surface area contributed by atoms with Gasteiger partial charge in [0.25, 0.3) is 0 Å². The van der Waals surface area contributed by atoms with Gasteiger partial charge in [0.1, 0.15) is 0 Å². The average Bonchev–Trinajstić information content (AvgIpc) is 3.30. The maximum atomic E-state index is 5.96. The molecule has 0 radical (unpaired) electrons. The number of rotatable bonds is 3. The summed E-state index contributed by atoms with van der Waals surface area (Å²) in [6.45, 7) is 0.902. The van der Waals surface area contributed by atoms with Crippen LogP contribution >= 0.6 is 22.9 Å². The van der Waals surface area contributed by atoms with E-state index in [0.717, 1.165) is 39.4 Å². The van der Waals surface area contributed by atoms with Crippen LogP contribution in [0.25, 0.3) is 16.2 Å². The van der Waals surface area contributed by atoms with E-state index in [1.165, 1.54) is 19.3 Å². The summed E-state index contributed by atoms with van der Waals surface area (Å²) in [5.41, 5.74) is 1.97. The highest BCUT2D eigenvalue weighted by atomic mass is 35.5. The largest absolute Gasteiger partial charge is 0.378 e. The molecular weight excluding hydrogens is 356 g/mol. The van der Waals surface area contributed by atoms with E-state index in [-0.39, 0.29) is 0 Å². The molecule has 3 unspecified atom stereocenters. The quantitative estimate of drug-likeness (QED) is 0.734. The van der Waals surface area contributed by atoms with Gasteiger partial charge in [-0.25, -0.2) is 9.50 Å². The van der Waals surface area contributed by atoms with E-state index in [1.807, 2.05) is 35.0 Å². The third-order valence-electron chi connectivity index (χ3n) is 5.27. The SMILES string of the molecule is Clc1ccc(-c2cn3nc(NC4CCCC5OCCC45)sc3n2)cc1. The van der Waals surface area contributed by atoms with Crippen LogP contribution in [-0.2, 0) is 4.74 Å². The van der Waals surface area contributed by atoms with Gasteiger partial charge in [0.15, 0.2) is 0 Å². The summed E-state index contributed by atoms with van der Waals surface area (Å²) in [5, 5.41) is 10.0. The fraction of sp³-hybridized carbons (Fsp3) is 0.444. The standard InChI is InChI=1S/C18H19ClN4OS/c19-12-6-4-11(5-7-12)15-10-23-18(21-15)25-17(22-23)20-14-2-1-3-16-13(14)8-9-24-16/h4-7,10,13-14,16H,1-3,8-9H2,(H,20,22). The second-order valence-corrected chi connectivity index (χ2v) is 8.20. The second-order valence-electron chi connectivity index (χ2n) is 6.81. The Bertz CT molecular complexity index is 859. The van der Waals surface area contributed by atoms with E-state index in [9.17, 15) is 0 Å². The Morgan fingerprint density at radius 2 is 2.08 bits per heavy atom. The van der Waals surface area contributed by atoms with Crippen LogP contribution < -0.4 is 5.32 Å². The highest BCUT2D eigenvalue weighted by Crippen LogP contribution is 2.36. The lowest BCUT2D eigenvalue weighted by Gasteiger charge is -2.32. The topological polar surface area (TPSA) is 51.5 Å². The zero-order valence-corrected chi connectivity index (χ0v) is 15.3. The maximum absolute atomic E-state index is 5.96. The lowest BCUT2D eigenvalue weighted by molar-refractivity contribution is 0.0620. The van der Waals surface area contributed by atoms with Crippen molar-refractivity contribution in [2.45, 2.75) is 37.8 Å². The Morgan fingerprint density at radius 1 is 1.20 bits per heavy atom. The molecule has 130 valence electrons. The van der Waals surface area contributed by atoms with Crippen molar-refractivity contribution in [3.63, 3.8) is 0 Å². The molecule has 3 aromatic rings. The molecule has 0 amide bonds. The lowest BCUT2D eigenvalue weighted by Crippen LogP contribution is -2.38. The molecule has 1 aliphatic heterocycles. The molecule has 0 bridgehead atoms. The van der Waals surface area contributed by atoms with Gasteiger partial charge in [-0.2, -0.15) is 0 Å². The van der Waals surface area contributed by atoms with Gasteiger partial charge < -0.3 is 10.1 Å². The number of hydrogen-bond acceptors (Lipinski definition) is 5. The molecule has 25 heavy (non-hydrogen) atoms. The summed E-state index contributed by atoms with van der Waals surface area (Å²) in [5.74, 6) is 0.620. The molecule has 5 rings (SSSR count). The molecule has 1 saturated heterocycles. The van der Waals surface area contributed by atoms with Crippen LogP contribution in [0, 0.1) is 5.92 Å². The highest BCUT2D eigenvalue weighted by Gasteiger charge is 2.37. The first-order chi connectivity index (χ1) is 12.3. The fourth-order valence-electron chi connectivity index (χ4n) is 4.03. The Morgan fingerprint density at radius 3 is 2.92 bits per heavy atom. The number of nitrogens with one attached hydrogen (secondary N) is 1. The van der Waals surface area contributed by atoms with Crippen molar-refractivity contribution in [2.75, 3.05) is 11.9 Å². The smallest absolute Gasteiger partial charge is 0.214 e. The molecule has 1 aliphatic carbocycles. The average molecular weight is 375 g/mol. The Hall–Kier alpha value is -1.63. The number of hydrogen-bond donors (Lipinski definition) is 1. The van der Waals surface area contributed by atoms with Crippen LogP contribution in [0.4, 0.5) is 5.13 Å². The number of benzene rings is 1. The van der Waals surface area contributed by atoms with E-state index in [0.29, 0.717) is 18.1 Å². The van der Waals surface area contributed by atoms with Crippen molar-refractivity contribution in [2.24, 2.45) is 5.92 Å². The molecule has 3 atom stereocenters. The van der Waals surface area contributed by atoms with Crippen molar-refractivity contribution in [3.8, 4) is 11.3 Å². The van der Waals surface area contributed by atoms with Gasteiger partial charge in [-0.1, -0.05) is 35.1 Å². The summed E-state index contributed by atoms with van der Waals surface area (Å²) >= 11 is 7.56. The zero-order chi connectivity index (χ0) is 16.8. The summed E-state index contributed by atoms with van der Waals surface area (Å²) in [7, 11) is 0. The van der Waals surface area contributed by atoms with Crippen LogP contribution in [0.3, 0.4) is 0 Å². The normalized spacial score (nSPS) is 26.0. The third kappa shape index (κ3) is 2.92. The van der Waals surface area contributed by atoms with Gasteiger partial charge in [-0.3, -0.25) is 0 Å². The first-order valence-electron chi connectivity index (χ1n) is 8.76. The van der Waals surface area contributed by atoms with Crippen LogP contribution in [0.1, 0.15) is 25.7 Å². The lowest BCUT2D eigenvalue weighted by atomic mass is 9.82. The van der Waals surface area contributed by atoms with E-state index < -0.39 is 0 Å². The van der Waals surface area contributed by atoms with E-state index >= 15 is 0 Å². The third-order valence-corrected chi connectivity index (χ3v) is 6.38. The number of nitrogens with zero attached hydrogens (tertiary/aromatic N) is 3. The molecule has 2 aliphatic rings. The fourth-order valence-corrected chi connectivity index (χ4v) is 5.00.